The van der Waals surface area contributed by atoms with Gasteiger partial charge in [0, 0.05) is 17.3 Å². The van der Waals surface area contributed by atoms with Crippen LogP contribution in [-0.4, -0.2) is 32.9 Å². The highest BCUT2D eigenvalue weighted by atomic mass is 16.3. The minimum absolute atomic E-state index is 0.0372. The molecule has 0 atom stereocenters. The Bertz CT molecular complexity index is 701. The van der Waals surface area contributed by atoms with Gasteiger partial charge in [0.1, 0.15) is 0 Å². The van der Waals surface area contributed by atoms with Gasteiger partial charge in [-0.2, -0.15) is 5.10 Å². The summed E-state index contributed by atoms with van der Waals surface area (Å²) in [6.45, 7) is 3.96. The van der Waals surface area contributed by atoms with Crippen molar-refractivity contribution in [3.05, 3.63) is 47.3 Å². The highest BCUT2D eigenvalue weighted by Crippen LogP contribution is 2.20. The average molecular weight is 327 g/mol. The molecule has 2 aromatic rings. The van der Waals surface area contributed by atoms with Gasteiger partial charge in [-0.3, -0.25) is 4.79 Å². The first kappa shape index (κ1) is 16.7. The van der Waals surface area contributed by atoms with Gasteiger partial charge in [0.2, 0.25) is 5.91 Å². The van der Waals surface area contributed by atoms with Crippen LogP contribution in [0, 0.1) is 13.8 Å². The zero-order chi connectivity index (χ0) is 17.1. The quantitative estimate of drug-likeness (QED) is 0.906. The first-order valence-corrected chi connectivity index (χ1v) is 8.62. The molecule has 1 aromatic heterocycles. The lowest BCUT2D eigenvalue weighted by molar-refractivity contribution is -0.121. The standard InChI is InChI=1S/C19H25N3O2/c1-13-18(12-19(24)20-15-8-10-17(23)11-9-15)14(2)22(21-13)16-6-4-3-5-7-16/h3-7,15,17,23H,8-12H2,1-2H3,(H,20,24). The molecular formula is C19H25N3O2. The minimum atomic E-state index is -0.202. The SMILES string of the molecule is Cc1nn(-c2ccccc2)c(C)c1CC(=O)NC1CCC(O)CC1. The Morgan fingerprint density at radius 2 is 1.88 bits per heavy atom. The number of para-hydroxylation sites is 1. The maximum atomic E-state index is 12.4. The van der Waals surface area contributed by atoms with E-state index < -0.39 is 0 Å². The number of amides is 1. The molecule has 1 fully saturated rings. The van der Waals surface area contributed by atoms with Crippen molar-refractivity contribution in [1.29, 1.82) is 0 Å². The molecule has 2 N–H and O–H groups in total. The summed E-state index contributed by atoms with van der Waals surface area (Å²) in [5, 5.41) is 17.3. The van der Waals surface area contributed by atoms with Crippen molar-refractivity contribution in [3.63, 3.8) is 0 Å². The van der Waals surface area contributed by atoms with Gasteiger partial charge in [0.25, 0.3) is 0 Å². The molecule has 0 radical (unpaired) electrons. The van der Waals surface area contributed by atoms with E-state index in [1.165, 1.54) is 0 Å². The van der Waals surface area contributed by atoms with Crippen LogP contribution in [-0.2, 0) is 11.2 Å². The Labute approximate surface area is 142 Å². The van der Waals surface area contributed by atoms with Crippen molar-refractivity contribution in [3.8, 4) is 5.69 Å². The van der Waals surface area contributed by atoms with Crippen molar-refractivity contribution < 1.29 is 9.90 Å². The first-order chi connectivity index (χ1) is 11.5. The van der Waals surface area contributed by atoms with Crippen LogP contribution in [0.3, 0.4) is 0 Å². The van der Waals surface area contributed by atoms with Gasteiger partial charge in [0.15, 0.2) is 0 Å². The Morgan fingerprint density at radius 1 is 1.21 bits per heavy atom. The van der Waals surface area contributed by atoms with Crippen molar-refractivity contribution in [2.75, 3.05) is 0 Å². The van der Waals surface area contributed by atoms with Crippen LogP contribution >= 0.6 is 0 Å². The summed E-state index contributed by atoms with van der Waals surface area (Å²) in [5.74, 6) is 0.0372. The van der Waals surface area contributed by atoms with E-state index >= 15 is 0 Å². The van der Waals surface area contributed by atoms with E-state index in [1.54, 1.807) is 0 Å². The number of aromatic nitrogens is 2. The molecule has 0 spiro atoms. The maximum Gasteiger partial charge on any atom is 0.224 e. The molecule has 3 rings (SSSR count). The smallest absolute Gasteiger partial charge is 0.224 e. The Hall–Kier alpha value is -2.14. The fourth-order valence-corrected chi connectivity index (χ4v) is 3.41. The molecule has 1 saturated carbocycles. The van der Waals surface area contributed by atoms with E-state index in [-0.39, 0.29) is 18.1 Å². The summed E-state index contributed by atoms with van der Waals surface area (Å²) < 4.78 is 1.90. The molecule has 0 unspecified atom stereocenters. The molecule has 5 nitrogen and oxygen atoms in total. The van der Waals surface area contributed by atoms with Crippen molar-refractivity contribution >= 4 is 5.91 Å². The number of carbonyl (C=O) groups excluding carboxylic acids is 1. The summed E-state index contributed by atoms with van der Waals surface area (Å²) in [6.07, 6.45) is 3.40. The Kier molecular flexibility index (Phi) is 5.00. The zero-order valence-electron chi connectivity index (χ0n) is 14.3. The molecule has 24 heavy (non-hydrogen) atoms. The summed E-state index contributed by atoms with van der Waals surface area (Å²) in [6, 6.07) is 10.1. The summed E-state index contributed by atoms with van der Waals surface area (Å²) >= 11 is 0. The fourth-order valence-electron chi connectivity index (χ4n) is 3.41. The third kappa shape index (κ3) is 3.67. The summed E-state index contributed by atoms with van der Waals surface area (Å²) in [5.41, 5.74) is 3.90. The second-order valence-corrected chi connectivity index (χ2v) is 6.65. The number of aliphatic hydroxyl groups is 1. The lowest BCUT2D eigenvalue weighted by Crippen LogP contribution is -2.39. The van der Waals surface area contributed by atoms with Crippen LogP contribution in [0.2, 0.25) is 0 Å². The molecule has 1 aliphatic rings. The molecule has 1 aliphatic carbocycles. The number of carbonyl (C=O) groups is 1. The zero-order valence-corrected chi connectivity index (χ0v) is 14.3. The van der Waals surface area contributed by atoms with Gasteiger partial charge in [-0.05, 0) is 51.7 Å². The number of hydrogen-bond acceptors (Lipinski definition) is 3. The summed E-state index contributed by atoms with van der Waals surface area (Å²) in [7, 11) is 0. The molecular weight excluding hydrogens is 302 g/mol. The fraction of sp³-hybridized carbons (Fsp3) is 0.474. The number of nitrogens with one attached hydrogen (secondary N) is 1. The molecule has 1 amide bonds. The van der Waals surface area contributed by atoms with Crippen LogP contribution in [0.4, 0.5) is 0 Å². The van der Waals surface area contributed by atoms with E-state index in [4.69, 9.17) is 0 Å². The molecule has 0 saturated heterocycles. The minimum Gasteiger partial charge on any atom is -0.393 e. The highest BCUT2D eigenvalue weighted by Gasteiger charge is 2.22. The largest absolute Gasteiger partial charge is 0.393 e. The third-order valence-electron chi connectivity index (χ3n) is 4.84. The second-order valence-electron chi connectivity index (χ2n) is 6.65. The Balaban J connectivity index is 1.69. The molecule has 1 aromatic carbocycles. The number of benzene rings is 1. The van der Waals surface area contributed by atoms with Crippen LogP contribution in [0.15, 0.2) is 30.3 Å². The van der Waals surface area contributed by atoms with E-state index in [0.717, 1.165) is 48.3 Å². The summed E-state index contributed by atoms with van der Waals surface area (Å²) in [4.78, 5) is 12.4. The number of hydrogen-bond donors (Lipinski definition) is 2. The highest BCUT2D eigenvalue weighted by molar-refractivity contribution is 5.79. The monoisotopic (exact) mass is 327 g/mol. The van der Waals surface area contributed by atoms with E-state index in [1.807, 2.05) is 48.9 Å². The molecule has 1 heterocycles. The normalized spacial score (nSPS) is 20.8. The molecule has 0 bridgehead atoms. The van der Waals surface area contributed by atoms with Gasteiger partial charge in [-0.25, -0.2) is 4.68 Å². The first-order valence-electron chi connectivity index (χ1n) is 8.62. The van der Waals surface area contributed by atoms with Gasteiger partial charge in [-0.1, -0.05) is 18.2 Å². The molecule has 128 valence electrons. The van der Waals surface area contributed by atoms with E-state index in [2.05, 4.69) is 10.4 Å². The number of aryl methyl sites for hydroxylation is 1. The lowest BCUT2D eigenvalue weighted by Gasteiger charge is -2.26. The van der Waals surface area contributed by atoms with Crippen molar-refractivity contribution in [2.24, 2.45) is 0 Å². The average Bonchev–Trinajstić information content (AvgIpc) is 2.86. The van der Waals surface area contributed by atoms with Crippen molar-refractivity contribution in [1.82, 2.24) is 15.1 Å². The maximum absolute atomic E-state index is 12.4. The van der Waals surface area contributed by atoms with Crippen LogP contribution in [0.1, 0.15) is 42.6 Å². The van der Waals surface area contributed by atoms with Crippen LogP contribution in [0.25, 0.3) is 5.69 Å². The Morgan fingerprint density at radius 3 is 2.54 bits per heavy atom. The molecule has 5 heteroatoms. The number of aliphatic hydroxyl groups excluding tert-OH is 1. The number of rotatable bonds is 4. The lowest BCUT2D eigenvalue weighted by atomic mass is 9.93. The van der Waals surface area contributed by atoms with Gasteiger partial charge in [0.05, 0.1) is 23.9 Å². The van der Waals surface area contributed by atoms with Gasteiger partial charge >= 0.3 is 0 Å². The topological polar surface area (TPSA) is 67.2 Å². The number of nitrogens with zero attached hydrogens (tertiary/aromatic N) is 2. The van der Waals surface area contributed by atoms with Gasteiger partial charge in [-0.15, -0.1) is 0 Å². The van der Waals surface area contributed by atoms with Gasteiger partial charge < -0.3 is 10.4 Å². The van der Waals surface area contributed by atoms with E-state index in [9.17, 15) is 9.90 Å². The van der Waals surface area contributed by atoms with Crippen LogP contribution < -0.4 is 5.32 Å². The predicted octanol–water partition coefficient (Wildman–Crippen LogP) is 2.45. The third-order valence-corrected chi connectivity index (χ3v) is 4.84. The van der Waals surface area contributed by atoms with E-state index in [0.29, 0.717) is 6.42 Å². The predicted molar refractivity (Wildman–Crippen MR) is 93.1 cm³/mol. The second kappa shape index (κ2) is 7.18. The molecule has 0 aliphatic heterocycles. The van der Waals surface area contributed by atoms with Crippen LogP contribution in [0.5, 0.6) is 0 Å². The van der Waals surface area contributed by atoms with Crippen molar-refractivity contribution in [2.45, 2.75) is 58.1 Å².